The Hall–Kier alpha value is -0.600. The summed E-state index contributed by atoms with van der Waals surface area (Å²) >= 11 is 0. The Balaban J connectivity index is -0.000000267. The highest BCUT2D eigenvalue weighted by Crippen LogP contribution is 2.07. The van der Waals surface area contributed by atoms with E-state index in [0.29, 0.717) is 0 Å². The van der Waals surface area contributed by atoms with Crippen molar-refractivity contribution >= 4 is 6.47 Å². The van der Waals surface area contributed by atoms with Crippen LogP contribution in [0, 0.1) is 0 Å². The van der Waals surface area contributed by atoms with E-state index in [0.717, 1.165) is 0 Å². The fourth-order valence-corrected chi connectivity index (χ4v) is 1.21. The molecule has 0 atom stereocenters. The zero-order chi connectivity index (χ0) is 10.4. The van der Waals surface area contributed by atoms with E-state index in [1.807, 2.05) is 0 Å². The summed E-state index contributed by atoms with van der Waals surface area (Å²) in [5, 5.41) is 6.89. The van der Waals surface area contributed by atoms with Crippen LogP contribution in [0.2, 0.25) is 0 Å². The SMILES string of the molecule is CCCCCCCCCC.F.O=CO. The first-order valence-electron chi connectivity index (χ1n) is 5.41. The molecule has 0 unspecified atom stereocenters. The average Bonchev–Trinajstić information content (AvgIpc) is 2.13. The lowest BCUT2D eigenvalue weighted by molar-refractivity contribution is -0.122. The van der Waals surface area contributed by atoms with Crippen LogP contribution in [0.25, 0.3) is 0 Å². The highest BCUT2D eigenvalue weighted by molar-refractivity contribution is 5.32. The number of halogens is 1. The molecule has 0 bridgehead atoms. The van der Waals surface area contributed by atoms with Crippen LogP contribution in [-0.4, -0.2) is 11.6 Å². The van der Waals surface area contributed by atoms with Crippen LogP contribution in [0.4, 0.5) is 4.70 Å². The largest absolute Gasteiger partial charge is 0.483 e. The topological polar surface area (TPSA) is 37.3 Å². The molecule has 3 heteroatoms. The second kappa shape index (κ2) is 22.8. The standard InChI is InChI=1S/C10H22.CH2O2.FH/c1-3-5-7-9-10-8-6-4-2;2-1-3;/h3-10H2,1-2H3;1H,(H,2,3);1H. The molecule has 0 aromatic carbocycles. The third-order valence-electron chi connectivity index (χ3n) is 1.96. The number of rotatable bonds is 7. The maximum absolute atomic E-state index is 8.36. The van der Waals surface area contributed by atoms with Crippen LogP contribution < -0.4 is 0 Å². The minimum atomic E-state index is -0.250. The lowest BCUT2D eigenvalue weighted by atomic mass is 10.1. The Bertz CT molecular complexity index is 79.4. The maximum Gasteiger partial charge on any atom is 0.290 e. The summed E-state index contributed by atoms with van der Waals surface area (Å²) < 4.78 is 0. The Labute approximate surface area is 87.1 Å². The third kappa shape index (κ3) is 30.1. The van der Waals surface area contributed by atoms with Crippen molar-refractivity contribution in [3.8, 4) is 0 Å². The van der Waals surface area contributed by atoms with Crippen LogP contribution in [0.3, 0.4) is 0 Å². The van der Waals surface area contributed by atoms with Crippen molar-refractivity contribution in [2.24, 2.45) is 0 Å². The quantitative estimate of drug-likeness (QED) is 0.507. The summed E-state index contributed by atoms with van der Waals surface area (Å²) in [5.74, 6) is 0. The van der Waals surface area contributed by atoms with Crippen molar-refractivity contribution in [2.75, 3.05) is 0 Å². The van der Waals surface area contributed by atoms with E-state index in [4.69, 9.17) is 9.90 Å². The summed E-state index contributed by atoms with van der Waals surface area (Å²) in [5.41, 5.74) is 0. The van der Waals surface area contributed by atoms with Gasteiger partial charge in [0, 0.05) is 0 Å². The fourth-order valence-electron chi connectivity index (χ4n) is 1.21. The van der Waals surface area contributed by atoms with E-state index in [1.54, 1.807) is 0 Å². The van der Waals surface area contributed by atoms with Gasteiger partial charge in [0.2, 0.25) is 0 Å². The lowest BCUT2D eigenvalue weighted by Gasteiger charge is -1.97. The second-order valence-electron chi connectivity index (χ2n) is 3.23. The summed E-state index contributed by atoms with van der Waals surface area (Å²) in [6, 6.07) is 0. The van der Waals surface area contributed by atoms with Crippen molar-refractivity contribution < 1.29 is 14.6 Å². The van der Waals surface area contributed by atoms with Crippen LogP contribution in [-0.2, 0) is 4.79 Å². The van der Waals surface area contributed by atoms with Crippen molar-refractivity contribution in [1.82, 2.24) is 0 Å². The molecule has 0 aliphatic rings. The predicted molar refractivity (Wildman–Crippen MR) is 59.5 cm³/mol. The van der Waals surface area contributed by atoms with E-state index in [-0.39, 0.29) is 11.2 Å². The molecule has 0 aromatic heterocycles. The smallest absolute Gasteiger partial charge is 0.290 e. The van der Waals surface area contributed by atoms with Gasteiger partial charge in [-0.15, -0.1) is 0 Å². The van der Waals surface area contributed by atoms with Gasteiger partial charge in [-0.05, 0) is 0 Å². The summed E-state index contributed by atoms with van der Waals surface area (Å²) in [6.07, 6.45) is 11.5. The van der Waals surface area contributed by atoms with Crippen LogP contribution in [0.1, 0.15) is 65.2 Å². The first-order chi connectivity index (χ1) is 6.33. The van der Waals surface area contributed by atoms with Gasteiger partial charge in [-0.1, -0.05) is 65.2 Å². The summed E-state index contributed by atoms with van der Waals surface area (Å²) in [4.78, 5) is 8.36. The number of carbonyl (C=O) groups is 1. The van der Waals surface area contributed by atoms with Crippen LogP contribution in [0.5, 0.6) is 0 Å². The molecular weight excluding hydrogens is 183 g/mol. The van der Waals surface area contributed by atoms with E-state index in [2.05, 4.69) is 13.8 Å². The van der Waals surface area contributed by atoms with Crippen molar-refractivity contribution in [3.63, 3.8) is 0 Å². The zero-order valence-electron chi connectivity index (χ0n) is 9.50. The molecule has 0 saturated heterocycles. The first kappa shape index (κ1) is 19.0. The molecule has 0 aromatic rings. The van der Waals surface area contributed by atoms with Gasteiger partial charge < -0.3 is 5.11 Å². The third-order valence-corrected chi connectivity index (χ3v) is 1.96. The second-order valence-corrected chi connectivity index (χ2v) is 3.23. The Morgan fingerprint density at radius 1 is 0.857 bits per heavy atom. The molecule has 0 spiro atoms. The normalized spacial score (nSPS) is 8.14. The fraction of sp³-hybridized carbons (Fsp3) is 0.909. The maximum atomic E-state index is 8.36. The lowest BCUT2D eigenvalue weighted by Crippen LogP contribution is -1.77. The van der Waals surface area contributed by atoms with Gasteiger partial charge >= 0.3 is 0 Å². The number of unbranched alkanes of at least 4 members (excludes halogenated alkanes) is 7. The zero-order valence-corrected chi connectivity index (χ0v) is 9.50. The van der Waals surface area contributed by atoms with Gasteiger partial charge in [0.05, 0.1) is 0 Å². The number of carboxylic acid groups (broad SMARTS) is 1. The summed E-state index contributed by atoms with van der Waals surface area (Å²) in [7, 11) is 0. The van der Waals surface area contributed by atoms with Gasteiger partial charge in [-0.2, -0.15) is 0 Å². The average molecular weight is 208 g/mol. The van der Waals surface area contributed by atoms with E-state index in [1.165, 1.54) is 51.4 Å². The molecule has 0 rings (SSSR count). The molecule has 14 heavy (non-hydrogen) atoms. The highest BCUT2D eigenvalue weighted by atomic mass is 19.0. The van der Waals surface area contributed by atoms with Crippen molar-refractivity contribution in [1.29, 1.82) is 0 Å². The Kier molecular flexibility index (Phi) is 31.1. The molecule has 0 radical (unpaired) electrons. The molecule has 1 N–H and O–H groups in total. The minimum Gasteiger partial charge on any atom is -0.483 e. The van der Waals surface area contributed by atoms with Gasteiger partial charge in [0.25, 0.3) is 6.47 Å². The molecule has 2 nitrogen and oxygen atoms in total. The van der Waals surface area contributed by atoms with Crippen LogP contribution >= 0.6 is 0 Å². The first-order valence-corrected chi connectivity index (χ1v) is 5.41. The molecule has 0 saturated carbocycles. The Morgan fingerprint density at radius 3 is 1.29 bits per heavy atom. The molecule has 88 valence electrons. The summed E-state index contributed by atoms with van der Waals surface area (Å²) in [6.45, 7) is 4.29. The van der Waals surface area contributed by atoms with Gasteiger partial charge in [-0.3, -0.25) is 9.50 Å². The molecule has 0 heterocycles. The van der Waals surface area contributed by atoms with E-state index < -0.39 is 0 Å². The predicted octanol–water partition coefficient (Wildman–Crippen LogP) is 4.00. The molecule has 0 aliphatic heterocycles. The molecule has 0 aliphatic carbocycles. The molecular formula is C11H25FO2. The van der Waals surface area contributed by atoms with E-state index >= 15 is 0 Å². The van der Waals surface area contributed by atoms with E-state index in [9.17, 15) is 0 Å². The molecule has 0 fully saturated rings. The number of hydrogen-bond acceptors (Lipinski definition) is 1. The van der Waals surface area contributed by atoms with Crippen molar-refractivity contribution in [2.45, 2.75) is 65.2 Å². The van der Waals surface area contributed by atoms with Crippen molar-refractivity contribution in [3.05, 3.63) is 0 Å². The Morgan fingerprint density at radius 2 is 1.07 bits per heavy atom. The van der Waals surface area contributed by atoms with Gasteiger partial charge in [-0.25, -0.2) is 0 Å². The monoisotopic (exact) mass is 208 g/mol. The van der Waals surface area contributed by atoms with Crippen LogP contribution in [0.15, 0.2) is 0 Å². The molecule has 0 amide bonds. The van der Waals surface area contributed by atoms with Gasteiger partial charge in [0.1, 0.15) is 0 Å². The number of hydrogen-bond donors (Lipinski definition) is 1. The van der Waals surface area contributed by atoms with Gasteiger partial charge in [0.15, 0.2) is 0 Å². The highest BCUT2D eigenvalue weighted by Gasteiger charge is 1.87. The minimum absolute atomic E-state index is 0.